The van der Waals surface area contributed by atoms with Crippen molar-refractivity contribution in [2.75, 3.05) is 13.2 Å². The smallest absolute Gasteiger partial charge is 0.0462 e. The van der Waals surface area contributed by atoms with E-state index in [1.807, 2.05) is 0 Å². The van der Waals surface area contributed by atoms with Gasteiger partial charge in [0.15, 0.2) is 0 Å². The van der Waals surface area contributed by atoms with Crippen molar-refractivity contribution in [1.82, 2.24) is 5.32 Å². The summed E-state index contributed by atoms with van der Waals surface area (Å²) in [4.78, 5) is 0. The van der Waals surface area contributed by atoms with Gasteiger partial charge in [-0.2, -0.15) is 0 Å². The molecule has 0 radical (unpaired) electrons. The molecule has 0 bridgehead atoms. The van der Waals surface area contributed by atoms with Gasteiger partial charge in [0.1, 0.15) is 0 Å². The first-order valence-corrected chi connectivity index (χ1v) is 7.45. The standard InChI is InChI=1S/C15H29NO/c1-15(2)8-4-7-14(9-15)16-10-12-5-3-6-13(12)11-17/h12-14,16-17H,3-11H2,1-2H3. The molecule has 2 aliphatic carbocycles. The molecule has 2 heteroatoms. The van der Waals surface area contributed by atoms with Crippen molar-refractivity contribution in [1.29, 1.82) is 0 Å². The molecule has 100 valence electrons. The van der Waals surface area contributed by atoms with Crippen LogP contribution in [0, 0.1) is 17.3 Å². The fourth-order valence-corrected chi connectivity index (χ4v) is 3.81. The van der Waals surface area contributed by atoms with Crippen molar-refractivity contribution in [3.05, 3.63) is 0 Å². The highest BCUT2D eigenvalue weighted by Gasteiger charge is 2.30. The van der Waals surface area contributed by atoms with Crippen LogP contribution in [0.3, 0.4) is 0 Å². The molecule has 0 aromatic carbocycles. The van der Waals surface area contributed by atoms with E-state index in [-0.39, 0.29) is 0 Å². The van der Waals surface area contributed by atoms with Crippen LogP contribution in [0.2, 0.25) is 0 Å². The second-order valence-corrected chi connectivity index (χ2v) is 7.00. The molecule has 17 heavy (non-hydrogen) atoms. The summed E-state index contributed by atoms with van der Waals surface area (Å²) < 4.78 is 0. The van der Waals surface area contributed by atoms with Gasteiger partial charge in [-0.25, -0.2) is 0 Å². The van der Waals surface area contributed by atoms with Crippen LogP contribution in [-0.4, -0.2) is 24.3 Å². The summed E-state index contributed by atoms with van der Waals surface area (Å²) in [5.74, 6) is 1.30. The highest BCUT2D eigenvalue weighted by Crippen LogP contribution is 2.36. The monoisotopic (exact) mass is 239 g/mol. The molecule has 2 rings (SSSR count). The van der Waals surface area contributed by atoms with Gasteiger partial charge in [-0.3, -0.25) is 0 Å². The van der Waals surface area contributed by atoms with Gasteiger partial charge in [-0.15, -0.1) is 0 Å². The van der Waals surface area contributed by atoms with Crippen molar-refractivity contribution in [2.45, 2.75) is 64.8 Å². The zero-order chi connectivity index (χ0) is 12.3. The largest absolute Gasteiger partial charge is 0.396 e. The van der Waals surface area contributed by atoms with Gasteiger partial charge in [0, 0.05) is 12.6 Å². The van der Waals surface area contributed by atoms with Crippen LogP contribution in [0.25, 0.3) is 0 Å². The minimum Gasteiger partial charge on any atom is -0.396 e. The lowest BCUT2D eigenvalue weighted by Gasteiger charge is -2.36. The van der Waals surface area contributed by atoms with Gasteiger partial charge in [0.05, 0.1) is 0 Å². The molecule has 0 spiro atoms. The summed E-state index contributed by atoms with van der Waals surface area (Å²) in [5, 5.41) is 13.1. The third-order valence-corrected chi connectivity index (χ3v) is 4.92. The summed E-state index contributed by atoms with van der Waals surface area (Å²) in [6.07, 6.45) is 9.29. The molecule has 0 aromatic heterocycles. The Labute approximate surface area is 106 Å². The van der Waals surface area contributed by atoms with E-state index < -0.39 is 0 Å². The average Bonchev–Trinajstić information content (AvgIpc) is 2.72. The van der Waals surface area contributed by atoms with Crippen LogP contribution in [-0.2, 0) is 0 Å². The maximum absolute atomic E-state index is 9.33. The van der Waals surface area contributed by atoms with E-state index in [1.54, 1.807) is 0 Å². The molecule has 2 saturated carbocycles. The average molecular weight is 239 g/mol. The minimum absolute atomic E-state index is 0.391. The highest BCUT2D eigenvalue weighted by molar-refractivity contribution is 4.85. The van der Waals surface area contributed by atoms with Crippen LogP contribution < -0.4 is 5.32 Å². The zero-order valence-electron chi connectivity index (χ0n) is 11.5. The van der Waals surface area contributed by atoms with Crippen molar-refractivity contribution < 1.29 is 5.11 Å². The second kappa shape index (κ2) is 5.71. The lowest BCUT2D eigenvalue weighted by molar-refractivity contribution is 0.170. The van der Waals surface area contributed by atoms with Crippen LogP contribution in [0.5, 0.6) is 0 Å². The van der Waals surface area contributed by atoms with Crippen LogP contribution in [0.1, 0.15) is 58.8 Å². The number of rotatable bonds is 4. The van der Waals surface area contributed by atoms with Crippen LogP contribution >= 0.6 is 0 Å². The van der Waals surface area contributed by atoms with E-state index in [9.17, 15) is 5.11 Å². The number of nitrogens with one attached hydrogen (secondary N) is 1. The second-order valence-electron chi connectivity index (χ2n) is 7.00. The topological polar surface area (TPSA) is 32.3 Å². The van der Waals surface area contributed by atoms with Gasteiger partial charge < -0.3 is 10.4 Å². The Balaban J connectivity index is 1.74. The summed E-state index contributed by atoms with van der Waals surface area (Å²) in [5.41, 5.74) is 0.530. The lowest BCUT2D eigenvalue weighted by atomic mass is 9.75. The number of aliphatic hydroxyl groups excluding tert-OH is 1. The molecule has 3 atom stereocenters. The molecule has 2 N–H and O–H groups in total. The van der Waals surface area contributed by atoms with E-state index in [0.717, 1.165) is 18.5 Å². The van der Waals surface area contributed by atoms with Gasteiger partial charge in [-0.1, -0.05) is 26.7 Å². The molecule has 3 unspecified atom stereocenters. The van der Waals surface area contributed by atoms with E-state index in [4.69, 9.17) is 0 Å². The number of hydrogen-bond acceptors (Lipinski definition) is 2. The third-order valence-electron chi connectivity index (χ3n) is 4.92. The van der Waals surface area contributed by atoms with Crippen molar-refractivity contribution >= 4 is 0 Å². The Bertz CT molecular complexity index is 239. The quantitative estimate of drug-likeness (QED) is 0.790. The molecular weight excluding hydrogens is 210 g/mol. The van der Waals surface area contributed by atoms with Crippen LogP contribution in [0.15, 0.2) is 0 Å². The van der Waals surface area contributed by atoms with Crippen molar-refractivity contribution in [3.8, 4) is 0 Å². The summed E-state index contributed by atoms with van der Waals surface area (Å²) >= 11 is 0. The molecule has 0 aromatic rings. The molecule has 0 heterocycles. The molecule has 2 aliphatic rings. The zero-order valence-corrected chi connectivity index (χ0v) is 11.5. The van der Waals surface area contributed by atoms with E-state index in [0.29, 0.717) is 17.9 Å². The predicted octanol–water partition coefficient (Wildman–Crippen LogP) is 2.95. The SMILES string of the molecule is CC1(C)CCCC(NCC2CCCC2CO)C1. The van der Waals surface area contributed by atoms with Crippen LogP contribution in [0.4, 0.5) is 0 Å². The van der Waals surface area contributed by atoms with Gasteiger partial charge in [0.25, 0.3) is 0 Å². The normalized spacial score (nSPS) is 37.2. The van der Waals surface area contributed by atoms with Crippen molar-refractivity contribution in [3.63, 3.8) is 0 Å². The first-order chi connectivity index (χ1) is 8.11. The predicted molar refractivity (Wildman–Crippen MR) is 72.0 cm³/mol. The van der Waals surface area contributed by atoms with Gasteiger partial charge >= 0.3 is 0 Å². The van der Waals surface area contributed by atoms with E-state index in [2.05, 4.69) is 19.2 Å². The number of hydrogen-bond donors (Lipinski definition) is 2. The van der Waals surface area contributed by atoms with Crippen molar-refractivity contribution in [2.24, 2.45) is 17.3 Å². The first kappa shape index (κ1) is 13.4. The van der Waals surface area contributed by atoms with Gasteiger partial charge in [-0.05, 0) is 55.9 Å². The lowest BCUT2D eigenvalue weighted by Crippen LogP contribution is -2.40. The minimum atomic E-state index is 0.391. The molecule has 0 saturated heterocycles. The highest BCUT2D eigenvalue weighted by atomic mass is 16.3. The van der Waals surface area contributed by atoms with E-state index in [1.165, 1.54) is 44.9 Å². The summed E-state index contributed by atoms with van der Waals surface area (Å²) in [6.45, 7) is 6.31. The maximum atomic E-state index is 9.33. The Hall–Kier alpha value is -0.0800. The third kappa shape index (κ3) is 3.69. The molecule has 2 nitrogen and oxygen atoms in total. The Morgan fingerprint density at radius 3 is 2.59 bits per heavy atom. The molecular formula is C15H29NO. The maximum Gasteiger partial charge on any atom is 0.0462 e. The Morgan fingerprint density at radius 1 is 1.12 bits per heavy atom. The Morgan fingerprint density at radius 2 is 1.88 bits per heavy atom. The molecule has 2 fully saturated rings. The first-order valence-electron chi connectivity index (χ1n) is 7.45. The molecule has 0 aliphatic heterocycles. The fraction of sp³-hybridized carbons (Fsp3) is 1.00. The summed E-state index contributed by atoms with van der Waals surface area (Å²) in [7, 11) is 0. The number of aliphatic hydroxyl groups is 1. The molecule has 0 amide bonds. The fourth-order valence-electron chi connectivity index (χ4n) is 3.81. The van der Waals surface area contributed by atoms with E-state index >= 15 is 0 Å². The van der Waals surface area contributed by atoms with Gasteiger partial charge in [0.2, 0.25) is 0 Å². The summed E-state index contributed by atoms with van der Waals surface area (Å²) in [6, 6.07) is 0.721. The Kier molecular flexibility index (Phi) is 4.48.